The fraction of sp³-hybridized carbons (Fsp3) is 0.0909. The average Bonchev–Trinajstić information content (AvgIpc) is 2.76. The molecule has 0 heterocycles. The van der Waals surface area contributed by atoms with E-state index in [0.29, 0.717) is 5.56 Å². The molecule has 3 aromatic carbocycles. The molecule has 0 aliphatic rings. The van der Waals surface area contributed by atoms with Crippen molar-refractivity contribution in [1.82, 2.24) is 0 Å². The van der Waals surface area contributed by atoms with Crippen molar-refractivity contribution in [2.75, 3.05) is 0 Å². The van der Waals surface area contributed by atoms with E-state index >= 15 is 4.39 Å². The van der Waals surface area contributed by atoms with Crippen LogP contribution >= 0.6 is 15.9 Å². The molecular formula is C22H18BrFO4S2. The van der Waals surface area contributed by atoms with Gasteiger partial charge >= 0.3 is 4.33 Å². The van der Waals surface area contributed by atoms with Gasteiger partial charge in [0, 0.05) is 10.9 Å². The molecule has 0 saturated carbocycles. The van der Waals surface area contributed by atoms with Crippen LogP contribution in [0.4, 0.5) is 4.39 Å². The van der Waals surface area contributed by atoms with Crippen LogP contribution in [-0.4, -0.2) is 21.2 Å². The van der Waals surface area contributed by atoms with Gasteiger partial charge in [0.2, 0.25) is 19.7 Å². The van der Waals surface area contributed by atoms with Crippen molar-refractivity contribution in [3.63, 3.8) is 0 Å². The highest BCUT2D eigenvalue weighted by molar-refractivity contribution is 9.10. The van der Waals surface area contributed by atoms with E-state index in [2.05, 4.69) is 15.9 Å². The van der Waals surface area contributed by atoms with Crippen molar-refractivity contribution in [1.29, 1.82) is 0 Å². The molecule has 0 saturated heterocycles. The van der Waals surface area contributed by atoms with Gasteiger partial charge < -0.3 is 0 Å². The predicted octanol–water partition coefficient (Wildman–Crippen LogP) is 5.42. The molecule has 0 amide bonds. The minimum atomic E-state index is -4.88. The zero-order chi connectivity index (χ0) is 21.8. The lowest BCUT2D eigenvalue weighted by Gasteiger charge is -2.24. The fourth-order valence-electron chi connectivity index (χ4n) is 2.82. The minimum Gasteiger partial charge on any atom is -0.219 e. The number of hydrogen-bond acceptors (Lipinski definition) is 4. The second kappa shape index (κ2) is 8.83. The van der Waals surface area contributed by atoms with E-state index in [4.69, 9.17) is 0 Å². The molecule has 0 bridgehead atoms. The molecule has 3 rings (SSSR count). The van der Waals surface area contributed by atoms with Gasteiger partial charge in [0.05, 0.1) is 9.79 Å². The third-order valence-corrected chi connectivity index (χ3v) is 10.0. The van der Waals surface area contributed by atoms with Gasteiger partial charge in [-0.25, -0.2) is 21.2 Å². The molecule has 0 aromatic heterocycles. The fourth-order valence-corrected chi connectivity index (χ4v) is 7.19. The first kappa shape index (κ1) is 22.4. The van der Waals surface area contributed by atoms with E-state index in [1.807, 2.05) is 0 Å². The maximum Gasteiger partial charge on any atom is 0.321 e. The Morgan fingerprint density at radius 1 is 0.733 bits per heavy atom. The summed E-state index contributed by atoms with van der Waals surface area (Å²) in [6, 6.07) is 20.5. The smallest absolute Gasteiger partial charge is 0.219 e. The predicted molar refractivity (Wildman–Crippen MR) is 119 cm³/mol. The summed E-state index contributed by atoms with van der Waals surface area (Å²) in [5.41, 5.74) is 0.676. The SMILES string of the molecule is O=S(=O)(c1ccccc1)C(F)(C/C=C/c1ccc(Br)cc1)S(=O)(=O)c1ccccc1. The van der Waals surface area contributed by atoms with Crippen LogP contribution in [-0.2, 0) is 19.7 Å². The van der Waals surface area contributed by atoms with Gasteiger partial charge in [-0.1, -0.05) is 76.6 Å². The van der Waals surface area contributed by atoms with Crippen LogP contribution in [0.3, 0.4) is 0 Å². The van der Waals surface area contributed by atoms with Crippen molar-refractivity contribution in [2.24, 2.45) is 0 Å². The Morgan fingerprint density at radius 3 is 1.60 bits per heavy atom. The van der Waals surface area contributed by atoms with Gasteiger partial charge in [0.1, 0.15) is 0 Å². The lowest BCUT2D eigenvalue weighted by atomic mass is 10.2. The number of sulfone groups is 2. The van der Waals surface area contributed by atoms with Crippen molar-refractivity contribution < 1.29 is 21.2 Å². The number of halogens is 2. The molecule has 3 aromatic rings. The molecule has 0 aliphatic carbocycles. The Hall–Kier alpha value is -2.29. The third-order valence-electron chi connectivity index (χ3n) is 4.45. The summed E-state index contributed by atoms with van der Waals surface area (Å²) >= 11 is 3.31. The summed E-state index contributed by atoms with van der Waals surface area (Å²) in [6.45, 7) is 0. The van der Waals surface area contributed by atoms with Gasteiger partial charge in [-0.2, -0.15) is 0 Å². The first-order valence-corrected chi connectivity index (χ1v) is 12.6. The molecule has 0 aliphatic heterocycles. The summed E-state index contributed by atoms with van der Waals surface area (Å²) in [6.07, 6.45) is 1.85. The van der Waals surface area contributed by atoms with Crippen LogP contribution < -0.4 is 0 Å². The summed E-state index contributed by atoms with van der Waals surface area (Å²) in [7, 11) is -9.76. The summed E-state index contributed by atoms with van der Waals surface area (Å²) < 4.78 is 66.2. The van der Waals surface area contributed by atoms with E-state index in [0.717, 1.165) is 4.47 Å². The molecule has 8 heteroatoms. The van der Waals surface area contributed by atoms with Gasteiger partial charge in [-0.3, -0.25) is 0 Å². The van der Waals surface area contributed by atoms with Crippen molar-refractivity contribution in [2.45, 2.75) is 20.5 Å². The number of rotatable bonds is 7. The van der Waals surface area contributed by atoms with Crippen molar-refractivity contribution >= 4 is 41.7 Å². The lowest BCUT2D eigenvalue weighted by Crippen LogP contribution is -2.42. The quantitative estimate of drug-likeness (QED) is 0.427. The van der Waals surface area contributed by atoms with Gasteiger partial charge in [-0.15, -0.1) is 0 Å². The number of hydrogen-bond donors (Lipinski definition) is 0. The third kappa shape index (κ3) is 4.26. The van der Waals surface area contributed by atoms with Gasteiger partial charge in [-0.05, 0) is 42.0 Å². The number of allylic oxidation sites excluding steroid dienone is 1. The molecule has 0 fully saturated rings. The molecular weight excluding hydrogens is 491 g/mol. The summed E-state index contributed by atoms with van der Waals surface area (Å²) in [5.74, 6) is 0. The molecule has 0 N–H and O–H groups in total. The zero-order valence-corrected chi connectivity index (χ0v) is 18.9. The molecule has 30 heavy (non-hydrogen) atoms. The van der Waals surface area contributed by atoms with E-state index in [1.165, 1.54) is 60.7 Å². The normalized spacial score (nSPS) is 12.9. The maximum atomic E-state index is 16.3. The van der Waals surface area contributed by atoms with E-state index in [-0.39, 0.29) is 0 Å². The van der Waals surface area contributed by atoms with Crippen molar-refractivity contribution in [3.8, 4) is 0 Å². The Balaban J connectivity index is 2.10. The Bertz CT molecular complexity index is 1170. The molecule has 156 valence electrons. The zero-order valence-electron chi connectivity index (χ0n) is 15.7. The summed E-state index contributed by atoms with van der Waals surface area (Å²) in [5, 5.41) is 0. The largest absolute Gasteiger partial charge is 0.321 e. The first-order chi connectivity index (χ1) is 14.2. The molecule has 0 atom stereocenters. The van der Waals surface area contributed by atoms with Crippen molar-refractivity contribution in [3.05, 3.63) is 101 Å². The standard InChI is InChI=1S/C22H18BrFO4S2/c23-19-15-13-18(14-16-19)8-7-17-22(24,29(25,26)20-9-3-1-4-10-20)30(27,28)21-11-5-2-6-12-21/h1-16H,17H2/b8-7+. The highest BCUT2D eigenvalue weighted by Gasteiger charge is 2.56. The number of benzene rings is 3. The van der Waals surface area contributed by atoms with Crippen LogP contribution in [0.5, 0.6) is 0 Å². The maximum absolute atomic E-state index is 16.3. The van der Waals surface area contributed by atoms with E-state index in [1.54, 1.807) is 36.4 Å². The molecule has 0 spiro atoms. The Kier molecular flexibility index (Phi) is 6.59. The molecule has 0 unspecified atom stereocenters. The van der Waals surface area contributed by atoms with Crippen LogP contribution in [0.1, 0.15) is 12.0 Å². The van der Waals surface area contributed by atoms with Crippen LogP contribution in [0, 0.1) is 0 Å². The average molecular weight is 509 g/mol. The topological polar surface area (TPSA) is 68.3 Å². The second-order valence-electron chi connectivity index (χ2n) is 6.45. The first-order valence-electron chi connectivity index (χ1n) is 8.89. The van der Waals surface area contributed by atoms with E-state index in [9.17, 15) is 16.8 Å². The minimum absolute atomic E-state index is 0.399. The lowest BCUT2D eigenvalue weighted by molar-refractivity contribution is 0.358. The highest BCUT2D eigenvalue weighted by Crippen LogP contribution is 2.40. The van der Waals surface area contributed by atoms with Crippen LogP contribution in [0.2, 0.25) is 0 Å². The van der Waals surface area contributed by atoms with Crippen LogP contribution in [0.15, 0.2) is 105 Å². The summed E-state index contributed by atoms with van der Waals surface area (Å²) in [4.78, 5) is -0.798. The number of alkyl halides is 1. The Morgan fingerprint density at radius 2 is 1.17 bits per heavy atom. The molecule has 4 nitrogen and oxygen atoms in total. The second-order valence-corrected chi connectivity index (χ2v) is 11.9. The Labute approximate surface area is 184 Å². The van der Waals surface area contributed by atoms with Gasteiger partial charge in [0.15, 0.2) is 0 Å². The monoisotopic (exact) mass is 508 g/mol. The highest BCUT2D eigenvalue weighted by atomic mass is 79.9. The van der Waals surface area contributed by atoms with Crippen LogP contribution in [0.25, 0.3) is 6.08 Å². The molecule has 0 radical (unpaired) electrons. The van der Waals surface area contributed by atoms with E-state index < -0.39 is 40.2 Å². The van der Waals surface area contributed by atoms with Gasteiger partial charge in [0.25, 0.3) is 0 Å².